The molecule has 1 aromatic carbocycles. The van der Waals surface area contributed by atoms with E-state index in [1.807, 2.05) is 30.0 Å². The average Bonchev–Trinajstić information content (AvgIpc) is 2.81. The normalized spacial score (nSPS) is 25.2. The average molecular weight is 378 g/mol. The van der Waals surface area contributed by atoms with Crippen molar-refractivity contribution in [1.29, 1.82) is 0 Å². The summed E-state index contributed by atoms with van der Waals surface area (Å²) < 4.78 is 19.6. The third kappa shape index (κ3) is 4.50. The number of nitrogens with zero attached hydrogens (tertiary/aromatic N) is 3. The third-order valence-corrected chi connectivity index (χ3v) is 6.31. The smallest absolute Gasteiger partial charge is 0.222 e. The van der Waals surface area contributed by atoms with E-state index < -0.39 is 0 Å². The first-order valence-corrected chi connectivity index (χ1v) is 9.89. The van der Waals surface area contributed by atoms with Gasteiger partial charge in [0.25, 0.3) is 0 Å². The molecule has 2 saturated heterocycles. The molecular weight excluding hydrogens is 345 g/mol. The van der Waals surface area contributed by atoms with Crippen molar-refractivity contribution in [3.63, 3.8) is 0 Å². The Balaban J connectivity index is 1.71. The van der Waals surface area contributed by atoms with Crippen LogP contribution in [0.3, 0.4) is 0 Å². The zero-order valence-electron chi connectivity index (χ0n) is 16.8. The van der Waals surface area contributed by atoms with Gasteiger partial charge in [-0.2, -0.15) is 0 Å². The van der Waals surface area contributed by atoms with E-state index in [1.165, 1.54) is 0 Å². The van der Waals surface area contributed by atoms with Gasteiger partial charge in [0.05, 0.1) is 6.61 Å². The summed E-state index contributed by atoms with van der Waals surface area (Å²) in [5.74, 6) is 0.131. The molecule has 0 N–H and O–H groups in total. The minimum atomic E-state index is -0.0905. The molecule has 0 unspecified atom stereocenters. The van der Waals surface area contributed by atoms with Crippen molar-refractivity contribution in [1.82, 2.24) is 14.7 Å². The van der Waals surface area contributed by atoms with Crippen LogP contribution in [0.25, 0.3) is 0 Å². The Bertz CT molecular complexity index is 669. The summed E-state index contributed by atoms with van der Waals surface area (Å²) in [7, 11) is 3.83. The molecule has 0 aliphatic carbocycles. The lowest BCUT2D eigenvalue weighted by Gasteiger charge is -2.49. The van der Waals surface area contributed by atoms with E-state index in [0.717, 1.165) is 44.6 Å². The predicted molar refractivity (Wildman–Crippen MR) is 104 cm³/mol. The number of likely N-dealkylation sites (tertiary alicyclic amines) is 1. The molecule has 0 aromatic heterocycles. The van der Waals surface area contributed by atoms with Gasteiger partial charge in [0.1, 0.15) is 5.82 Å². The van der Waals surface area contributed by atoms with Gasteiger partial charge in [0.2, 0.25) is 5.91 Å². The van der Waals surface area contributed by atoms with Gasteiger partial charge in [0.15, 0.2) is 0 Å². The number of carbonyl (C=O) groups is 1. The molecule has 0 bridgehead atoms. The quantitative estimate of drug-likeness (QED) is 0.789. The lowest BCUT2D eigenvalue weighted by Crippen LogP contribution is -2.60. The van der Waals surface area contributed by atoms with Crippen LogP contribution in [-0.4, -0.2) is 79.6 Å². The summed E-state index contributed by atoms with van der Waals surface area (Å²) in [5, 5.41) is 0. The van der Waals surface area contributed by atoms with Crippen LogP contribution < -0.4 is 0 Å². The van der Waals surface area contributed by atoms with Crippen molar-refractivity contribution >= 4 is 5.91 Å². The second kappa shape index (κ2) is 8.67. The molecule has 6 heteroatoms. The summed E-state index contributed by atoms with van der Waals surface area (Å²) >= 11 is 0. The number of ether oxygens (including phenoxy) is 1. The SMILES string of the molecule is COCCN1CC[C@]2(CCC1=O)CN(Cc1cccc(C)c1F)CCN2C. The zero-order valence-corrected chi connectivity index (χ0v) is 16.8. The molecule has 27 heavy (non-hydrogen) atoms. The first kappa shape index (κ1) is 20.2. The van der Waals surface area contributed by atoms with Gasteiger partial charge < -0.3 is 9.64 Å². The lowest BCUT2D eigenvalue weighted by molar-refractivity contribution is -0.131. The van der Waals surface area contributed by atoms with E-state index in [0.29, 0.717) is 31.7 Å². The molecule has 1 aromatic rings. The van der Waals surface area contributed by atoms with Crippen molar-refractivity contribution in [2.45, 2.75) is 38.3 Å². The number of carbonyl (C=O) groups excluding carboxylic acids is 1. The van der Waals surface area contributed by atoms with Crippen LogP contribution in [0.2, 0.25) is 0 Å². The molecular formula is C21H32FN3O2. The number of hydrogen-bond donors (Lipinski definition) is 0. The first-order chi connectivity index (χ1) is 12.9. The van der Waals surface area contributed by atoms with Crippen LogP contribution in [0.5, 0.6) is 0 Å². The molecule has 3 rings (SSSR count). The van der Waals surface area contributed by atoms with E-state index in [1.54, 1.807) is 7.11 Å². The fourth-order valence-electron chi connectivity index (χ4n) is 4.42. The molecule has 2 aliphatic rings. The summed E-state index contributed by atoms with van der Waals surface area (Å²) in [6.45, 7) is 7.19. The first-order valence-electron chi connectivity index (χ1n) is 9.89. The topological polar surface area (TPSA) is 36.0 Å². The summed E-state index contributed by atoms with van der Waals surface area (Å²) in [5.41, 5.74) is 1.45. The number of methoxy groups -OCH3 is 1. The van der Waals surface area contributed by atoms with Gasteiger partial charge in [-0.1, -0.05) is 18.2 Å². The van der Waals surface area contributed by atoms with Crippen LogP contribution in [0.4, 0.5) is 4.39 Å². The van der Waals surface area contributed by atoms with Gasteiger partial charge in [-0.15, -0.1) is 0 Å². The Kier molecular flexibility index (Phi) is 6.50. The largest absolute Gasteiger partial charge is 0.383 e. The van der Waals surface area contributed by atoms with Gasteiger partial charge in [-0.05, 0) is 32.4 Å². The molecule has 5 nitrogen and oxygen atoms in total. The molecule has 0 saturated carbocycles. The van der Waals surface area contributed by atoms with Crippen LogP contribution in [0.15, 0.2) is 18.2 Å². The maximum Gasteiger partial charge on any atom is 0.222 e. The number of rotatable bonds is 5. The fourth-order valence-corrected chi connectivity index (χ4v) is 4.42. The second-order valence-corrected chi connectivity index (χ2v) is 8.03. The molecule has 1 atom stereocenters. The number of benzene rings is 1. The highest BCUT2D eigenvalue weighted by Gasteiger charge is 2.42. The van der Waals surface area contributed by atoms with E-state index in [4.69, 9.17) is 4.74 Å². The Morgan fingerprint density at radius 2 is 2.04 bits per heavy atom. The highest BCUT2D eigenvalue weighted by atomic mass is 19.1. The molecule has 2 fully saturated rings. The van der Waals surface area contributed by atoms with Crippen LogP contribution >= 0.6 is 0 Å². The number of piperazine rings is 1. The Morgan fingerprint density at radius 3 is 2.81 bits per heavy atom. The Hall–Kier alpha value is -1.50. The Labute approximate surface area is 162 Å². The summed E-state index contributed by atoms with van der Waals surface area (Å²) in [6, 6.07) is 5.63. The van der Waals surface area contributed by atoms with Crippen molar-refractivity contribution in [3.8, 4) is 0 Å². The number of amides is 1. The van der Waals surface area contributed by atoms with E-state index in [2.05, 4.69) is 16.8 Å². The summed E-state index contributed by atoms with van der Waals surface area (Å²) in [4.78, 5) is 19.2. The van der Waals surface area contributed by atoms with E-state index in [9.17, 15) is 9.18 Å². The fraction of sp³-hybridized carbons (Fsp3) is 0.667. The summed E-state index contributed by atoms with van der Waals surface area (Å²) in [6.07, 6.45) is 2.38. The molecule has 1 amide bonds. The third-order valence-electron chi connectivity index (χ3n) is 6.31. The number of aryl methyl sites for hydroxylation is 1. The van der Waals surface area contributed by atoms with Crippen molar-refractivity contribution in [3.05, 3.63) is 35.1 Å². The highest BCUT2D eigenvalue weighted by molar-refractivity contribution is 5.76. The molecule has 1 spiro atoms. The minimum Gasteiger partial charge on any atom is -0.383 e. The highest BCUT2D eigenvalue weighted by Crippen LogP contribution is 2.33. The van der Waals surface area contributed by atoms with Crippen molar-refractivity contribution in [2.75, 3.05) is 53.5 Å². The van der Waals surface area contributed by atoms with Gasteiger partial charge in [-0.3, -0.25) is 14.6 Å². The van der Waals surface area contributed by atoms with Crippen molar-refractivity contribution < 1.29 is 13.9 Å². The van der Waals surface area contributed by atoms with Gasteiger partial charge in [0, 0.05) is 63.9 Å². The molecule has 0 radical (unpaired) electrons. The predicted octanol–water partition coefficient (Wildman–Crippen LogP) is 2.28. The lowest BCUT2D eigenvalue weighted by atomic mass is 9.86. The zero-order chi connectivity index (χ0) is 19.4. The van der Waals surface area contributed by atoms with Gasteiger partial charge >= 0.3 is 0 Å². The van der Waals surface area contributed by atoms with Crippen LogP contribution in [0.1, 0.15) is 30.4 Å². The van der Waals surface area contributed by atoms with Crippen LogP contribution in [0, 0.1) is 12.7 Å². The van der Waals surface area contributed by atoms with Crippen molar-refractivity contribution in [2.24, 2.45) is 0 Å². The minimum absolute atomic E-state index is 0.0178. The van der Waals surface area contributed by atoms with E-state index >= 15 is 0 Å². The molecule has 150 valence electrons. The van der Waals surface area contributed by atoms with Crippen LogP contribution in [-0.2, 0) is 16.1 Å². The number of halogens is 1. The standard InChI is InChI=1S/C21H32FN3O2/c1-17-5-4-6-18(20(17)22)15-24-12-11-23(2)21(16-24)8-7-19(26)25(10-9-21)13-14-27-3/h4-6H,7-16H2,1-3H3/t21-/m1/s1. The number of hydrogen-bond acceptors (Lipinski definition) is 4. The monoisotopic (exact) mass is 377 g/mol. The number of likely N-dealkylation sites (N-methyl/N-ethyl adjacent to an activating group) is 1. The Morgan fingerprint density at radius 1 is 1.22 bits per heavy atom. The molecule has 2 aliphatic heterocycles. The van der Waals surface area contributed by atoms with Gasteiger partial charge in [-0.25, -0.2) is 4.39 Å². The maximum absolute atomic E-state index is 14.5. The second-order valence-electron chi connectivity index (χ2n) is 8.03. The molecule has 2 heterocycles. The maximum atomic E-state index is 14.5. The van der Waals surface area contributed by atoms with E-state index in [-0.39, 0.29) is 17.3 Å².